The summed E-state index contributed by atoms with van der Waals surface area (Å²) in [6, 6.07) is 13.7. The number of imidazole rings is 1. The van der Waals surface area contributed by atoms with Gasteiger partial charge in [0.05, 0.1) is 5.69 Å². The summed E-state index contributed by atoms with van der Waals surface area (Å²) >= 11 is 9.56. The maximum Gasteiger partial charge on any atom is 0.138 e. The van der Waals surface area contributed by atoms with Crippen LogP contribution in [0.1, 0.15) is 0 Å². The molecule has 0 saturated heterocycles. The number of hydrogen-bond acceptors (Lipinski definition) is 1. The quantitative estimate of drug-likeness (QED) is 0.608. The summed E-state index contributed by atoms with van der Waals surface area (Å²) in [4.78, 5) is 4.54. The minimum absolute atomic E-state index is 0.663. The first kappa shape index (κ1) is 10.8. The van der Waals surface area contributed by atoms with Crippen LogP contribution in [-0.2, 0) is 0 Å². The maximum atomic E-state index is 6.10. The van der Waals surface area contributed by atoms with Crippen LogP contribution in [-0.4, -0.2) is 9.38 Å². The fourth-order valence-electron chi connectivity index (χ4n) is 1.76. The Kier molecular flexibility index (Phi) is 2.65. The van der Waals surface area contributed by atoms with Crippen molar-refractivity contribution in [2.24, 2.45) is 0 Å². The Bertz CT molecular complexity index is 691. The Balaban J connectivity index is 2.22. The summed E-state index contributed by atoms with van der Waals surface area (Å²) in [5.74, 6) is 0. The SMILES string of the molecule is Clc1cccc2nc(-c3cccc(Br)c3)cn12. The standard InChI is InChI=1S/C13H8BrClN2/c14-10-4-1-3-9(7-10)11-8-17-12(15)5-2-6-13(17)16-11/h1-8H. The minimum Gasteiger partial charge on any atom is -0.290 e. The molecule has 0 fully saturated rings. The lowest BCUT2D eigenvalue weighted by molar-refractivity contribution is 1.19. The van der Waals surface area contributed by atoms with Crippen molar-refractivity contribution in [3.8, 4) is 11.3 Å². The second-order valence-electron chi connectivity index (χ2n) is 3.71. The highest BCUT2D eigenvalue weighted by Gasteiger charge is 2.06. The summed E-state index contributed by atoms with van der Waals surface area (Å²) in [7, 11) is 0. The van der Waals surface area contributed by atoms with Crippen LogP contribution in [0.3, 0.4) is 0 Å². The van der Waals surface area contributed by atoms with Gasteiger partial charge in [-0.1, -0.05) is 45.7 Å². The largest absolute Gasteiger partial charge is 0.290 e. The molecular formula is C13H8BrClN2. The lowest BCUT2D eigenvalue weighted by Crippen LogP contribution is -1.82. The van der Waals surface area contributed by atoms with E-state index in [2.05, 4.69) is 20.9 Å². The van der Waals surface area contributed by atoms with E-state index in [1.807, 2.05) is 53.1 Å². The Hall–Kier alpha value is -1.32. The van der Waals surface area contributed by atoms with E-state index in [9.17, 15) is 0 Å². The molecule has 1 aromatic carbocycles. The molecule has 84 valence electrons. The number of halogens is 2. The summed E-state index contributed by atoms with van der Waals surface area (Å²) in [6.07, 6.45) is 1.94. The number of fused-ring (bicyclic) bond motifs is 1. The van der Waals surface area contributed by atoms with Crippen molar-refractivity contribution >= 4 is 33.2 Å². The van der Waals surface area contributed by atoms with Crippen LogP contribution in [0.2, 0.25) is 5.15 Å². The summed E-state index contributed by atoms with van der Waals surface area (Å²) in [5, 5.41) is 0.663. The lowest BCUT2D eigenvalue weighted by Gasteiger charge is -1.96. The first-order valence-electron chi connectivity index (χ1n) is 5.13. The Morgan fingerprint density at radius 3 is 2.71 bits per heavy atom. The second-order valence-corrected chi connectivity index (χ2v) is 5.02. The molecule has 0 saturated carbocycles. The molecule has 0 amide bonds. The van der Waals surface area contributed by atoms with Gasteiger partial charge in [0.25, 0.3) is 0 Å². The number of aromatic nitrogens is 2. The zero-order chi connectivity index (χ0) is 11.8. The van der Waals surface area contributed by atoms with E-state index in [0.717, 1.165) is 21.4 Å². The zero-order valence-corrected chi connectivity index (χ0v) is 11.1. The summed E-state index contributed by atoms with van der Waals surface area (Å²) < 4.78 is 2.91. The smallest absolute Gasteiger partial charge is 0.138 e. The zero-order valence-electron chi connectivity index (χ0n) is 8.77. The Labute approximate surface area is 112 Å². The van der Waals surface area contributed by atoms with Crippen LogP contribution in [0.4, 0.5) is 0 Å². The van der Waals surface area contributed by atoms with Gasteiger partial charge in [-0.3, -0.25) is 4.40 Å². The van der Waals surface area contributed by atoms with E-state index in [4.69, 9.17) is 11.6 Å². The average molecular weight is 308 g/mol. The van der Waals surface area contributed by atoms with Crippen molar-refractivity contribution in [1.82, 2.24) is 9.38 Å². The van der Waals surface area contributed by atoms with Gasteiger partial charge in [0, 0.05) is 16.2 Å². The molecular weight excluding hydrogens is 300 g/mol. The van der Waals surface area contributed by atoms with Crippen LogP contribution in [0.5, 0.6) is 0 Å². The maximum absolute atomic E-state index is 6.10. The molecule has 0 radical (unpaired) electrons. The van der Waals surface area contributed by atoms with Crippen molar-refractivity contribution in [2.75, 3.05) is 0 Å². The second kappa shape index (κ2) is 4.17. The fraction of sp³-hybridized carbons (Fsp3) is 0. The summed E-state index contributed by atoms with van der Waals surface area (Å²) in [6.45, 7) is 0. The van der Waals surface area contributed by atoms with E-state index in [1.165, 1.54) is 0 Å². The number of nitrogens with zero attached hydrogens (tertiary/aromatic N) is 2. The van der Waals surface area contributed by atoms with Crippen LogP contribution < -0.4 is 0 Å². The molecule has 0 aliphatic carbocycles. The molecule has 0 bridgehead atoms. The average Bonchev–Trinajstić information content (AvgIpc) is 2.74. The number of rotatable bonds is 1. The van der Waals surface area contributed by atoms with Crippen molar-refractivity contribution < 1.29 is 0 Å². The van der Waals surface area contributed by atoms with E-state index in [0.29, 0.717) is 5.15 Å². The highest BCUT2D eigenvalue weighted by atomic mass is 79.9. The first-order valence-corrected chi connectivity index (χ1v) is 6.31. The molecule has 0 aliphatic heterocycles. The van der Waals surface area contributed by atoms with Gasteiger partial charge in [-0.25, -0.2) is 4.98 Å². The predicted octanol–water partition coefficient (Wildman–Crippen LogP) is 4.42. The third-order valence-corrected chi connectivity index (χ3v) is 3.36. The van der Waals surface area contributed by atoms with Gasteiger partial charge in [0.15, 0.2) is 0 Å². The molecule has 17 heavy (non-hydrogen) atoms. The van der Waals surface area contributed by atoms with E-state index in [-0.39, 0.29) is 0 Å². The monoisotopic (exact) mass is 306 g/mol. The normalized spacial score (nSPS) is 10.9. The summed E-state index contributed by atoms with van der Waals surface area (Å²) in [5.41, 5.74) is 2.84. The molecule has 2 heterocycles. The van der Waals surface area contributed by atoms with Crippen LogP contribution in [0, 0.1) is 0 Å². The molecule has 0 atom stereocenters. The van der Waals surface area contributed by atoms with Gasteiger partial charge < -0.3 is 0 Å². The molecule has 4 heteroatoms. The molecule has 3 aromatic rings. The number of benzene rings is 1. The number of pyridine rings is 1. The van der Waals surface area contributed by atoms with Crippen molar-refractivity contribution in [3.63, 3.8) is 0 Å². The van der Waals surface area contributed by atoms with Crippen LogP contribution in [0.15, 0.2) is 53.1 Å². The fourth-order valence-corrected chi connectivity index (χ4v) is 2.37. The van der Waals surface area contributed by atoms with Crippen molar-refractivity contribution in [3.05, 3.63) is 58.3 Å². The first-order chi connectivity index (χ1) is 8.24. The van der Waals surface area contributed by atoms with E-state index in [1.54, 1.807) is 0 Å². The van der Waals surface area contributed by atoms with Crippen molar-refractivity contribution in [2.45, 2.75) is 0 Å². The van der Waals surface area contributed by atoms with Crippen LogP contribution in [0.25, 0.3) is 16.9 Å². The molecule has 0 N–H and O–H groups in total. The van der Waals surface area contributed by atoms with E-state index < -0.39 is 0 Å². The third-order valence-electron chi connectivity index (χ3n) is 2.56. The topological polar surface area (TPSA) is 17.3 Å². The van der Waals surface area contributed by atoms with Gasteiger partial charge in [-0.15, -0.1) is 0 Å². The van der Waals surface area contributed by atoms with Gasteiger partial charge in [-0.2, -0.15) is 0 Å². The van der Waals surface area contributed by atoms with Gasteiger partial charge in [0.2, 0.25) is 0 Å². The Morgan fingerprint density at radius 1 is 1.12 bits per heavy atom. The molecule has 0 spiro atoms. The lowest BCUT2D eigenvalue weighted by atomic mass is 10.2. The van der Waals surface area contributed by atoms with Gasteiger partial charge in [0.1, 0.15) is 10.8 Å². The molecule has 0 unspecified atom stereocenters. The molecule has 2 nitrogen and oxygen atoms in total. The third kappa shape index (κ3) is 1.96. The molecule has 2 aromatic heterocycles. The van der Waals surface area contributed by atoms with Crippen LogP contribution >= 0.6 is 27.5 Å². The highest BCUT2D eigenvalue weighted by Crippen LogP contribution is 2.24. The Morgan fingerprint density at radius 2 is 1.94 bits per heavy atom. The minimum atomic E-state index is 0.663. The van der Waals surface area contributed by atoms with Crippen molar-refractivity contribution in [1.29, 1.82) is 0 Å². The number of hydrogen-bond donors (Lipinski definition) is 0. The van der Waals surface area contributed by atoms with Gasteiger partial charge >= 0.3 is 0 Å². The van der Waals surface area contributed by atoms with Gasteiger partial charge in [-0.05, 0) is 24.3 Å². The highest BCUT2D eigenvalue weighted by molar-refractivity contribution is 9.10. The predicted molar refractivity (Wildman–Crippen MR) is 73.3 cm³/mol. The molecule has 3 rings (SSSR count). The molecule has 0 aliphatic rings. The van der Waals surface area contributed by atoms with E-state index >= 15 is 0 Å².